The smallest absolute Gasteiger partial charge is 0.323 e. The summed E-state index contributed by atoms with van der Waals surface area (Å²) in [6, 6.07) is 5.33. The summed E-state index contributed by atoms with van der Waals surface area (Å²) in [7, 11) is 0. The molecule has 0 aliphatic rings. The van der Waals surface area contributed by atoms with Gasteiger partial charge in [-0.05, 0) is 17.7 Å². The zero-order valence-electron chi connectivity index (χ0n) is 7.25. The molecular weight excluding hydrogens is 248 g/mol. The Balaban J connectivity index is 2.55. The van der Waals surface area contributed by atoms with Gasteiger partial charge in [0.15, 0.2) is 0 Å². The summed E-state index contributed by atoms with van der Waals surface area (Å²) in [5, 5.41) is 10.0. The maximum atomic E-state index is 11.0. The lowest BCUT2D eigenvalue weighted by atomic mass is 10.1. The number of halogens is 1. The number of benzene rings is 1. The second kappa shape index (κ2) is 3.59. The Hall–Kier alpha value is -1.07. The molecule has 1 aromatic heterocycles. The van der Waals surface area contributed by atoms with Gasteiger partial charge < -0.3 is 15.1 Å². The summed E-state index contributed by atoms with van der Waals surface area (Å²) < 4.78 is 0. The Kier molecular flexibility index (Phi) is 2.43. The molecule has 1 heterocycles. The van der Waals surface area contributed by atoms with Crippen molar-refractivity contribution in [3.63, 3.8) is 0 Å². The number of hydrogen-bond acceptors (Lipinski definition) is 2. The van der Waals surface area contributed by atoms with Crippen molar-refractivity contribution in [2.24, 2.45) is 0 Å². The van der Waals surface area contributed by atoms with Crippen LogP contribution in [0.2, 0.25) is 0 Å². The molecule has 0 aliphatic heterocycles. The third-order valence-corrected chi connectivity index (χ3v) is 2.68. The number of aliphatic hydroxyl groups is 1. The summed E-state index contributed by atoms with van der Waals surface area (Å²) >= 11 is 3.19. The lowest BCUT2D eigenvalue weighted by molar-refractivity contribution is 0.205. The summed E-state index contributed by atoms with van der Waals surface area (Å²) in [4.78, 5) is 16.2. The van der Waals surface area contributed by atoms with E-state index in [0.29, 0.717) is 10.8 Å². The zero-order valence-corrected chi connectivity index (χ0v) is 8.84. The van der Waals surface area contributed by atoms with Crippen LogP contribution in [0, 0.1) is 0 Å². The van der Waals surface area contributed by atoms with Crippen molar-refractivity contribution >= 4 is 27.0 Å². The van der Waals surface area contributed by atoms with Gasteiger partial charge in [-0.15, -0.1) is 0 Å². The van der Waals surface area contributed by atoms with Gasteiger partial charge in [-0.3, -0.25) is 0 Å². The van der Waals surface area contributed by atoms with Crippen LogP contribution in [0.15, 0.2) is 23.0 Å². The monoisotopic (exact) mass is 256 g/mol. The van der Waals surface area contributed by atoms with Crippen molar-refractivity contribution in [1.82, 2.24) is 9.97 Å². The number of aromatic nitrogens is 2. The molecule has 0 aliphatic carbocycles. The molecule has 5 heteroatoms. The molecule has 2 aromatic rings. The molecule has 0 spiro atoms. The first-order valence-corrected chi connectivity index (χ1v) is 5.29. The molecule has 0 saturated heterocycles. The van der Waals surface area contributed by atoms with E-state index in [-0.39, 0.29) is 5.69 Å². The fraction of sp³-hybridized carbons (Fsp3) is 0.222. The molecule has 0 radical (unpaired) electrons. The summed E-state index contributed by atoms with van der Waals surface area (Å²) in [6.07, 6.45) is -0.544. The van der Waals surface area contributed by atoms with Gasteiger partial charge in [-0.2, -0.15) is 0 Å². The van der Waals surface area contributed by atoms with Gasteiger partial charge in [0.25, 0.3) is 0 Å². The fourth-order valence-corrected chi connectivity index (χ4v) is 1.72. The lowest BCUT2D eigenvalue weighted by Crippen LogP contribution is -1.99. The molecule has 1 aromatic carbocycles. The van der Waals surface area contributed by atoms with Crippen molar-refractivity contribution in [2.45, 2.75) is 6.10 Å². The summed E-state index contributed by atoms with van der Waals surface area (Å²) in [6.45, 7) is 0. The minimum atomic E-state index is -0.544. The number of nitrogens with one attached hydrogen (secondary N) is 2. The highest BCUT2D eigenvalue weighted by Gasteiger charge is 2.06. The van der Waals surface area contributed by atoms with Crippen LogP contribution in [0.5, 0.6) is 0 Å². The highest BCUT2D eigenvalue weighted by atomic mass is 79.9. The SMILES string of the molecule is O=c1[nH]c2ccc(C(O)CBr)cc2[nH]1. The van der Waals surface area contributed by atoms with Gasteiger partial charge >= 0.3 is 5.69 Å². The maximum Gasteiger partial charge on any atom is 0.323 e. The van der Waals surface area contributed by atoms with E-state index in [0.717, 1.165) is 11.1 Å². The molecule has 1 unspecified atom stereocenters. The Bertz CT molecular complexity index is 503. The number of H-pyrrole nitrogens is 2. The van der Waals surface area contributed by atoms with Gasteiger partial charge in [-0.1, -0.05) is 22.0 Å². The van der Waals surface area contributed by atoms with Crippen molar-refractivity contribution in [3.8, 4) is 0 Å². The van der Waals surface area contributed by atoms with Gasteiger partial charge in [0.1, 0.15) is 0 Å². The molecule has 4 nitrogen and oxygen atoms in total. The van der Waals surface area contributed by atoms with E-state index in [1.165, 1.54) is 0 Å². The van der Waals surface area contributed by atoms with E-state index in [4.69, 9.17) is 0 Å². The number of rotatable bonds is 2. The van der Waals surface area contributed by atoms with Crippen LogP contribution >= 0.6 is 15.9 Å². The first kappa shape index (κ1) is 9.48. The molecule has 2 rings (SSSR count). The van der Waals surface area contributed by atoms with Crippen LogP contribution in [0.25, 0.3) is 11.0 Å². The fourth-order valence-electron chi connectivity index (χ4n) is 1.35. The Morgan fingerprint density at radius 3 is 2.79 bits per heavy atom. The van der Waals surface area contributed by atoms with Crippen LogP contribution in [0.3, 0.4) is 0 Å². The van der Waals surface area contributed by atoms with Crippen LogP contribution in [0.4, 0.5) is 0 Å². The van der Waals surface area contributed by atoms with Crippen molar-refractivity contribution in [2.75, 3.05) is 5.33 Å². The van der Waals surface area contributed by atoms with Crippen LogP contribution in [-0.2, 0) is 0 Å². The summed E-state index contributed by atoms with van der Waals surface area (Å²) in [5.74, 6) is 0. The van der Waals surface area contributed by atoms with Crippen molar-refractivity contribution in [1.29, 1.82) is 0 Å². The Morgan fingerprint density at radius 1 is 1.36 bits per heavy atom. The molecule has 74 valence electrons. The topological polar surface area (TPSA) is 68.9 Å². The van der Waals surface area contributed by atoms with Gasteiger partial charge in [0, 0.05) is 5.33 Å². The van der Waals surface area contributed by atoms with Crippen molar-refractivity contribution < 1.29 is 5.11 Å². The number of aliphatic hydroxyl groups excluding tert-OH is 1. The molecule has 14 heavy (non-hydrogen) atoms. The highest BCUT2D eigenvalue weighted by Crippen LogP contribution is 2.18. The van der Waals surface area contributed by atoms with E-state index >= 15 is 0 Å². The maximum absolute atomic E-state index is 11.0. The van der Waals surface area contributed by atoms with Gasteiger partial charge in [0.2, 0.25) is 0 Å². The summed E-state index contributed by atoms with van der Waals surface area (Å²) in [5.41, 5.74) is 2.02. The van der Waals surface area contributed by atoms with E-state index in [1.54, 1.807) is 18.2 Å². The number of imidazole rings is 1. The number of hydrogen-bond donors (Lipinski definition) is 3. The molecule has 0 saturated carbocycles. The predicted molar refractivity (Wildman–Crippen MR) is 57.7 cm³/mol. The second-order valence-electron chi connectivity index (χ2n) is 3.05. The molecule has 0 fully saturated rings. The van der Waals surface area contributed by atoms with Crippen LogP contribution < -0.4 is 5.69 Å². The van der Waals surface area contributed by atoms with Crippen LogP contribution in [0.1, 0.15) is 11.7 Å². The Morgan fingerprint density at radius 2 is 2.07 bits per heavy atom. The van der Waals surface area contributed by atoms with Gasteiger partial charge in [-0.25, -0.2) is 4.79 Å². The molecular formula is C9H9BrN2O2. The largest absolute Gasteiger partial charge is 0.388 e. The first-order chi connectivity index (χ1) is 6.70. The molecule has 0 amide bonds. The number of alkyl halides is 1. The molecule has 1 atom stereocenters. The third kappa shape index (κ3) is 1.60. The Labute approximate surface area is 88.1 Å². The quantitative estimate of drug-likeness (QED) is 0.709. The normalized spacial score (nSPS) is 13.3. The minimum absolute atomic E-state index is 0.231. The van der Waals surface area contributed by atoms with Crippen molar-refractivity contribution in [3.05, 3.63) is 34.2 Å². The number of fused-ring (bicyclic) bond motifs is 1. The third-order valence-electron chi connectivity index (χ3n) is 2.07. The van der Waals surface area contributed by atoms with E-state index in [1.807, 2.05) is 0 Å². The zero-order chi connectivity index (χ0) is 10.1. The minimum Gasteiger partial charge on any atom is -0.388 e. The lowest BCUT2D eigenvalue weighted by Gasteiger charge is -2.06. The first-order valence-electron chi connectivity index (χ1n) is 4.16. The highest BCUT2D eigenvalue weighted by molar-refractivity contribution is 9.09. The van der Waals surface area contributed by atoms with Gasteiger partial charge in [0.05, 0.1) is 17.1 Å². The average Bonchev–Trinajstić information content (AvgIpc) is 2.55. The van der Waals surface area contributed by atoms with E-state index in [2.05, 4.69) is 25.9 Å². The second-order valence-corrected chi connectivity index (χ2v) is 3.70. The predicted octanol–water partition coefficient (Wildman–Crippen LogP) is 1.28. The molecule has 0 bridgehead atoms. The average molecular weight is 257 g/mol. The number of aromatic amines is 2. The van der Waals surface area contributed by atoms with Crippen LogP contribution in [-0.4, -0.2) is 20.4 Å². The van der Waals surface area contributed by atoms with E-state index < -0.39 is 6.10 Å². The molecule has 3 N–H and O–H groups in total. The van der Waals surface area contributed by atoms with E-state index in [9.17, 15) is 9.90 Å². The standard InChI is InChI=1S/C9H9BrN2O2/c10-4-8(13)5-1-2-6-7(3-5)12-9(14)11-6/h1-3,8,13H,4H2,(H2,11,12,14).